The Morgan fingerprint density at radius 1 is 1.12 bits per heavy atom. The molecule has 134 valence electrons. The van der Waals surface area contributed by atoms with Crippen molar-refractivity contribution in [1.29, 1.82) is 0 Å². The lowest BCUT2D eigenvalue weighted by atomic mass is 10.1. The third kappa shape index (κ3) is 4.99. The predicted molar refractivity (Wildman–Crippen MR) is 98.3 cm³/mol. The fourth-order valence-electron chi connectivity index (χ4n) is 2.64. The van der Waals surface area contributed by atoms with Gasteiger partial charge in [-0.1, -0.05) is 36.4 Å². The van der Waals surface area contributed by atoms with Crippen LogP contribution in [0.15, 0.2) is 48.5 Å². The number of halogens is 1. The Morgan fingerprint density at radius 2 is 1.92 bits per heavy atom. The van der Waals surface area contributed by atoms with Crippen LogP contribution in [0.1, 0.15) is 29.2 Å². The second-order valence-corrected chi connectivity index (χ2v) is 6.22. The molecule has 1 heterocycles. The molecule has 0 bridgehead atoms. The van der Waals surface area contributed by atoms with Gasteiger partial charge in [-0.15, -0.1) is 0 Å². The fraction of sp³-hybridized carbons (Fsp3) is 0.250. The molecule has 0 saturated carbocycles. The van der Waals surface area contributed by atoms with Crippen LogP contribution < -0.4 is 5.32 Å². The Hall–Kier alpha value is -3.02. The molecule has 0 saturated heterocycles. The van der Waals surface area contributed by atoms with Gasteiger partial charge in [-0.05, 0) is 36.6 Å². The van der Waals surface area contributed by atoms with E-state index in [0.29, 0.717) is 12.2 Å². The molecule has 0 spiro atoms. The molecular weight excluding hydrogens is 331 g/mol. The van der Waals surface area contributed by atoms with E-state index >= 15 is 0 Å². The number of rotatable bonds is 7. The average Bonchev–Trinajstić information content (AvgIpc) is 3.10. The Kier molecular flexibility index (Phi) is 5.73. The van der Waals surface area contributed by atoms with Crippen molar-refractivity contribution in [3.05, 3.63) is 77.1 Å². The highest BCUT2D eigenvalue weighted by Crippen LogP contribution is 2.16. The van der Waals surface area contributed by atoms with Crippen LogP contribution in [0, 0.1) is 12.7 Å². The van der Waals surface area contributed by atoms with Gasteiger partial charge < -0.3 is 5.32 Å². The molecule has 6 heteroatoms. The topological polar surface area (TPSA) is 70.7 Å². The summed E-state index contributed by atoms with van der Waals surface area (Å²) < 4.78 is 13.7. The zero-order valence-corrected chi connectivity index (χ0v) is 14.6. The quantitative estimate of drug-likeness (QED) is 0.682. The number of aryl methyl sites for hydroxylation is 4. The average molecular weight is 352 g/mol. The number of nitrogens with zero attached hydrogens (tertiary/aromatic N) is 2. The van der Waals surface area contributed by atoms with E-state index in [4.69, 9.17) is 0 Å². The number of carbonyl (C=O) groups excluding carboxylic acids is 1. The van der Waals surface area contributed by atoms with Crippen LogP contribution >= 0.6 is 0 Å². The van der Waals surface area contributed by atoms with Gasteiger partial charge in [-0.25, -0.2) is 9.37 Å². The van der Waals surface area contributed by atoms with Gasteiger partial charge in [0.05, 0.1) is 5.69 Å². The van der Waals surface area contributed by atoms with Gasteiger partial charge in [0.15, 0.2) is 5.82 Å². The van der Waals surface area contributed by atoms with Crippen molar-refractivity contribution in [1.82, 2.24) is 15.2 Å². The highest BCUT2D eigenvalue weighted by Gasteiger charge is 2.10. The largest absolute Gasteiger partial charge is 0.324 e. The van der Waals surface area contributed by atoms with Gasteiger partial charge in [0.25, 0.3) is 0 Å². The normalized spacial score (nSPS) is 10.7. The number of anilines is 1. The van der Waals surface area contributed by atoms with Crippen molar-refractivity contribution in [2.75, 3.05) is 5.32 Å². The molecule has 2 N–H and O–H groups in total. The maximum Gasteiger partial charge on any atom is 0.224 e. The first kappa shape index (κ1) is 17.8. The van der Waals surface area contributed by atoms with Crippen LogP contribution in [-0.4, -0.2) is 21.1 Å². The number of nitrogens with one attached hydrogen (secondary N) is 2. The first-order valence-electron chi connectivity index (χ1n) is 8.60. The lowest BCUT2D eigenvalue weighted by Gasteiger charge is -2.06. The number of amides is 1. The van der Waals surface area contributed by atoms with Crippen LogP contribution in [0.3, 0.4) is 0 Å². The molecule has 1 aromatic heterocycles. The van der Waals surface area contributed by atoms with Gasteiger partial charge >= 0.3 is 0 Å². The Morgan fingerprint density at radius 3 is 2.73 bits per heavy atom. The van der Waals surface area contributed by atoms with E-state index in [9.17, 15) is 9.18 Å². The number of hydrogen-bond donors (Lipinski definition) is 2. The van der Waals surface area contributed by atoms with Crippen LogP contribution in [0.25, 0.3) is 0 Å². The zero-order chi connectivity index (χ0) is 18.4. The molecule has 0 fully saturated rings. The summed E-state index contributed by atoms with van der Waals surface area (Å²) >= 11 is 0. The number of aromatic amines is 1. The molecule has 2 aromatic carbocycles. The van der Waals surface area contributed by atoms with Gasteiger partial charge in [0, 0.05) is 19.3 Å². The highest BCUT2D eigenvalue weighted by molar-refractivity contribution is 5.91. The highest BCUT2D eigenvalue weighted by atomic mass is 19.1. The van der Waals surface area contributed by atoms with Crippen LogP contribution in [0.2, 0.25) is 0 Å². The van der Waals surface area contributed by atoms with Crippen molar-refractivity contribution < 1.29 is 9.18 Å². The summed E-state index contributed by atoms with van der Waals surface area (Å²) in [5.41, 5.74) is 2.33. The first-order chi connectivity index (χ1) is 12.6. The van der Waals surface area contributed by atoms with Gasteiger partial charge in [-0.2, -0.15) is 5.10 Å². The summed E-state index contributed by atoms with van der Waals surface area (Å²) in [4.78, 5) is 16.4. The summed E-state index contributed by atoms with van der Waals surface area (Å²) in [5.74, 6) is 0.700. The SMILES string of the molecule is Cc1ccc(F)c(NC(=O)CCc2nc(CCc3ccccc3)n[nH]2)c1. The van der Waals surface area contributed by atoms with Crippen molar-refractivity contribution in [2.24, 2.45) is 0 Å². The maximum atomic E-state index is 13.7. The molecule has 0 aliphatic carbocycles. The van der Waals surface area contributed by atoms with Gasteiger partial charge in [-0.3, -0.25) is 9.89 Å². The Bertz CT molecular complexity index is 877. The van der Waals surface area contributed by atoms with Gasteiger partial charge in [0.1, 0.15) is 11.6 Å². The molecule has 0 radical (unpaired) electrons. The second kappa shape index (κ2) is 8.38. The van der Waals surface area contributed by atoms with Gasteiger partial charge in [0.2, 0.25) is 5.91 Å². The van der Waals surface area contributed by atoms with Crippen LogP contribution in [0.5, 0.6) is 0 Å². The van der Waals surface area contributed by atoms with E-state index in [1.54, 1.807) is 12.1 Å². The minimum Gasteiger partial charge on any atom is -0.324 e. The third-order valence-corrected chi connectivity index (χ3v) is 4.04. The number of H-pyrrole nitrogens is 1. The van der Waals surface area contributed by atoms with E-state index < -0.39 is 5.82 Å². The van der Waals surface area contributed by atoms with Crippen molar-refractivity contribution in [2.45, 2.75) is 32.6 Å². The van der Waals surface area contributed by atoms with E-state index in [1.165, 1.54) is 11.6 Å². The lowest BCUT2D eigenvalue weighted by molar-refractivity contribution is -0.116. The van der Waals surface area contributed by atoms with Crippen molar-refractivity contribution in [3.8, 4) is 0 Å². The summed E-state index contributed by atoms with van der Waals surface area (Å²) in [6, 6.07) is 14.8. The molecule has 0 aliphatic heterocycles. The fourth-order valence-corrected chi connectivity index (χ4v) is 2.64. The van der Waals surface area contributed by atoms with E-state index in [1.807, 2.05) is 25.1 Å². The van der Waals surface area contributed by atoms with E-state index in [2.05, 4.69) is 32.6 Å². The lowest BCUT2D eigenvalue weighted by Crippen LogP contribution is -2.14. The minimum atomic E-state index is -0.438. The molecule has 3 rings (SSSR count). The van der Waals surface area contributed by atoms with Crippen molar-refractivity contribution in [3.63, 3.8) is 0 Å². The zero-order valence-electron chi connectivity index (χ0n) is 14.6. The second-order valence-electron chi connectivity index (χ2n) is 6.22. The molecule has 1 amide bonds. The van der Waals surface area contributed by atoms with Crippen molar-refractivity contribution >= 4 is 11.6 Å². The molecule has 3 aromatic rings. The predicted octanol–water partition coefficient (Wildman–Crippen LogP) is 3.61. The molecule has 0 atom stereocenters. The van der Waals surface area contributed by atoms with E-state index in [-0.39, 0.29) is 18.0 Å². The number of benzene rings is 2. The summed E-state index contributed by atoms with van der Waals surface area (Å²) in [7, 11) is 0. The Labute approximate surface area is 151 Å². The summed E-state index contributed by atoms with van der Waals surface area (Å²) in [5, 5.41) is 9.66. The standard InChI is InChI=1S/C20H21FN4O/c1-14-7-9-16(21)17(13-14)22-20(26)12-11-19-23-18(24-25-19)10-8-15-5-3-2-4-6-15/h2-7,9,13H,8,10-12H2,1H3,(H,22,26)(H,23,24,25). The minimum absolute atomic E-state index is 0.205. The summed E-state index contributed by atoms with van der Waals surface area (Å²) in [6.07, 6.45) is 2.24. The third-order valence-electron chi connectivity index (χ3n) is 4.04. The van der Waals surface area contributed by atoms with Crippen LogP contribution in [-0.2, 0) is 24.1 Å². The smallest absolute Gasteiger partial charge is 0.224 e. The number of carbonyl (C=O) groups is 1. The van der Waals surface area contributed by atoms with Crippen LogP contribution in [0.4, 0.5) is 10.1 Å². The number of hydrogen-bond acceptors (Lipinski definition) is 3. The summed E-state index contributed by atoms with van der Waals surface area (Å²) in [6.45, 7) is 1.85. The molecule has 5 nitrogen and oxygen atoms in total. The molecule has 0 unspecified atom stereocenters. The molecular formula is C20H21FN4O. The maximum absolute atomic E-state index is 13.7. The molecule has 0 aliphatic rings. The Balaban J connectivity index is 1.48. The monoisotopic (exact) mass is 352 g/mol. The number of aromatic nitrogens is 3. The van der Waals surface area contributed by atoms with E-state index in [0.717, 1.165) is 24.2 Å². The molecule has 26 heavy (non-hydrogen) atoms. The first-order valence-corrected chi connectivity index (χ1v) is 8.60.